The van der Waals surface area contributed by atoms with E-state index in [9.17, 15) is 5.11 Å². The van der Waals surface area contributed by atoms with Crippen LogP contribution < -0.4 is 0 Å². The van der Waals surface area contributed by atoms with E-state index < -0.39 is 0 Å². The SMILES string of the molecule is CC1(C)c2ccccc2-c2ccc(O)c(Br)c21. The van der Waals surface area contributed by atoms with Crippen molar-refractivity contribution in [2.75, 3.05) is 0 Å². The van der Waals surface area contributed by atoms with Gasteiger partial charge in [-0.15, -0.1) is 0 Å². The predicted octanol–water partition coefficient (Wildman–Crippen LogP) is 4.46. The van der Waals surface area contributed by atoms with Gasteiger partial charge in [-0.2, -0.15) is 0 Å². The van der Waals surface area contributed by atoms with Crippen LogP contribution in [0.5, 0.6) is 5.75 Å². The average Bonchev–Trinajstić information content (AvgIpc) is 2.54. The Morgan fingerprint density at radius 1 is 1.00 bits per heavy atom. The van der Waals surface area contributed by atoms with Gasteiger partial charge in [0.25, 0.3) is 0 Å². The molecule has 86 valence electrons. The highest BCUT2D eigenvalue weighted by Gasteiger charge is 2.37. The van der Waals surface area contributed by atoms with Crippen molar-refractivity contribution in [2.24, 2.45) is 0 Å². The fraction of sp³-hybridized carbons (Fsp3) is 0.200. The van der Waals surface area contributed by atoms with Crippen molar-refractivity contribution in [3.63, 3.8) is 0 Å². The fourth-order valence-corrected chi connectivity index (χ4v) is 3.64. The molecule has 0 atom stereocenters. The van der Waals surface area contributed by atoms with E-state index in [-0.39, 0.29) is 5.41 Å². The summed E-state index contributed by atoms with van der Waals surface area (Å²) in [5.41, 5.74) is 4.92. The van der Waals surface area contributed by atoms with Crippen molar-refractivity contribution in [2.45, 2.75) is 19.3 Å². The summed E-state index contributed by atoms with van der Waals surface area (Å²) in [4.78, 5) is 0. The highest BCUT2D eigenvalue weighted by Crippen LogP contribution is 2.52. The summed E-state index contributed by atoms with van der Waals surface area (Å²) < 4.78 is 0.816. The molecule has 1 aliphatic rings. The number of phenolic OH excluding ortho intramolecular Hbond substituents is 1. The Morgan fingerprint density at radius 2 is 1.71 bits per heavy atom. The number of hydrogen-bond acceptors (Lipinski definition) is 1. The maximum Gasteiger partial charge on any atom is 0.130 e. The van der Waals surface area contributed by atoms with Crippen molar-refractivity contribution in [1.82, 2.24) is 0 Å². The lowest BCUT2D eigenvalue weighted by Gasteiger charge is -2.22. The molecular formula is C15H13BrO. The second-order valence-corrected chi connectivity index (χ2v) is 5.78. The van der Waals surface area contributed by atoms with Crippen molar-refractivity contribution in [1.29, 1.82) is 0 Å². The summed E-state index contributed by atoms with van der Waals surface area (Å²) >= 11 is 3.52. The second-order valence-electron chi connectivity index (χ2n) is 4.99. The molecule has 2 aromatic carbocycles. The summed E-state index contributed by atoms with van der Waals surface area (Å²) in [5, 5.41) is 9.85. The zero-order chi connectivity index (χ0) is 12.2. The molecule has 0 saturated carbocycles. The summed E-state index contributed by atoms with van der Waals surface area (Å²) in [6.07, 6.45) is 0. The first kappa shape index (κ1) is 10.8. The molecule has 1 aliphatic carbocycles. The maximum absolute atomic E-state index is 9.85. The van der Waals surface area contributed by atoms with Crippen LogP contribution in [0.4, 0.5) is 0 Å². The Morgan fingerprint density at radius 3 is 2.47 bits per heavy atom. The summed E-state index contributed by atoms with van der Waals surface area (Å²) in [6.45, 7) is 4.39. The number of aromatic hydroxyl groups is 1. The van der Waals surface area contributed by atoms with Gasteiger partial charge in [-0.25, -0.2) is 0 Å². The van der Waals surface area contributed by atoms with Gasteiger partial charge in [-0.1, -0.05) is 44.2 Å². The topological polar surface area (TPSA) is 20.2 Å². The number of fused-ring (bicyclic) bond motifs is 3. The van der Waals surface area contributed by atoms with Crippen LogP contribution in [0.15, 0.2) is 40.9 Å². The minimum Gasteiger partial charge on any atom is -0.507 e. The first-order valence-corrected chi connectivity index (χ1v) is 6.44. The quantitative estimate of drug-likeness (QED) is 0.759. The van der Waals surface area contributed by atoms with Gasteiger partial charge >= 0.3 is 0 Å². The Hall–Kier alpha value is -1.28. The van der Waals surface area contributed by atoms with Crippen LogP contribution in [0.3, 0.4) is 0 Å². The molecule has 1 N–H and O–H groups in total. The van der Waals surface area contributed by atoms with Crippen LogP contribution in [-0.2, 0) is 5.41 Å². The van der Waals surface area contributed by atoms with E-state index in [4.69, 9.17) is 0 Å². The number of benzene rings is 2. The predicted molar refractivity (Wildman–Crippen MR) is 73.4 cm³/mol. The Bertz CT molecular complexity index is 614. The number of halogens is 1. The van der Waals surface area contributed by atoms with Gasteiger partial charge in [-0.3, -0.25) is 0 Å². The zero-order valence-electron chi connectivity index (χ0n) is 9.79. The van der Waals surface area contributed by atoms with Crippen molar-refractivity contribution < 1.29 is 5.11 Å². The molecule has 17 heavy (non-hydrogen) atoms. The van der Waals surface area contributed by atoms with Crippen molar-refractivity contribution in [3.8, 4) is 16.9 Å². The third-order valence-electron chi connectivity index (χ3n) is 3.64. The Kier molecular flexibility index (Phi) is 2.14. The highest BCUT2D eigenvalue weighted by atomic mass is 79.9. The monoisotopic (exact) mass is 288 g/mol. The van der Waals surface area contributed by atoms with Crippen LogP contribution in [0.25, 0.3) is 11.1 Å². The molecule has 0 unspecified atom stereocenters. The molecular weight excluding hydrogens is 276 g/mol. The zero-order valence-corrected chi connectivity index (χ0v) is 11.4. The molecule has 2 aromatic rings. The van der Waals surface area contributed by atoms with E-state index in [0.717, 1.165) is 4.47 Å². The van der Waals surface area contributed by atoms with Crippen LogP contribution in [0, 0.1) is 0 Å². The lowest BCUT2D eigenvalue weighted by Crippen LogP contribution is -2.15. The molecule has 0 radical (unpaired) electrons. The van der Waals surface area contributed by atoms with Gasteiger partial charge in [0.15, 0.2) is 0 Å². The molecule has 0 saturated heterocycles. The number of phenols is 1. The Balaban J connectivity index is 2.44. The van der Waals surface area contributed by atoms with Gasteiger partial charge in [0.1, 0.15) is 5.75 Å². The molecule has 0 aromatic heterocycles. The van der Waals surface area contributed by atoms with Gasteiger partial charge in [-0.05, 0) is 44.3 Å². The van der Waals surface area contributed by atoms with E-state index in [2.05, 4.69) is 54.0 Å². The van der Waals surface area contributed by atoms with Crippen LogP contribution in [-0.4, -0.2) is 5.11 Å². The fourth-order valence-electron chi connectivity index (χ4n) is 2.80. The molecule has 0 heterocycles. The molecule has 0 aliphatic heterocycles. The molecule has 0 bridgehead atoms. The van der Waals surface area contributed by atoms with E-state index in [1.165, 1.54) is 22.3 Å². The van der Waals surface area contributed by atoms with E-state index in [0.29, 0.717) is 5.75 Å². The van der Waals surface area contributed by atoms with Crippen LogP contribution >= 0.6 is 15.9 Å². The Labute approximate surface area is 109 Å². The smallest absolute Gasteiger partial charge is 0.130 e. The molecule has 1 nitrogen and oxygen atoms in total. The van der Waals surface area contributed by atoms with Gasteiger partial charge in [0.2, 0.25) is 0 Å². The average molecular weight is 289 g/mol. The normalized spacial score (nSPS) is 15.5. The highest BCUT2D eigenvalue weighted by molar-refractivity contribution is 9.10. The second kappa shape index (κ2) is 3.36. The first-order valence-electron chi connectivity index (χ1n) is 5.65. The van der Waals surface area contributed by atoms with Gasteiger partial charge < -0.3 is 5.11 Å². The van der Waals surface area contributed by atoms with Crippen molar-refractivity contribution in [3.05, 3.63) is 52.0 Å². The third-order valence-corrected chi connectivity index (χ3v) is 4.44. The molecule has 0 spiro atoms. The van der Waals surface area contributed by atoms with E-state index in [1.807, 2.05) is 6.07 Å². The van der Waals surface area contributed by atoms with Gasteiger partial charge in [0.05, 0.1) is 4.47 Å². The summed E-state index contributed by atoms with van der Waals surface area (Å²) in [7, 11) is 0. The lowest BCUT2D eigenvalue weighted by molar-refractivity contribution is 0.469. The molecule has 0 amide bonds. The van der Waals surface area contributed by atoms with E-state index >= 15 is 0 Å². The summed E-state index contributed by atoms with van der Waals surface area (Å²) in [6, 6.07) is 12.2. The first-order chi connectivity index (χ1) is 8.03. The van der Waals surface area contributed by atoms with Gasteiger partial charge in [0, 0.05) is 5.41 Å². The minimum atomic E-state index is -0.0660. The van der Waals surface area contributed by atoms with Crippen LogP contribution in [0.2, 0.25) is 0 Å². The van der Waals surface area contributed by atoms with Crippen LogP contribution in [0.1, 0.15) is 25.0 Å². The number of rotatable bonds is 0. The number of hydrogen-bond donors (Lipinski definition) is 1. The minimum absolute atomic E-state index is 0.0660. The third kappa shape index (κ3) is 1.31. The molecule has 3 rings (SSSR count). The lowest BCUT2D eigenvalue weighted by atomic mass is 9.82. The maximum atomic E-state index is 9.85. The van der Waals surface area contributed by atoms with Crippen molar-refractivity contribution >= 4 is 15.9 Å². The standard InChI is InChI=1S/C15H13BrO/c1-15(2)11-6-4-3-5-9(11)10-7-8-12(17)14(16)13(10)15/h3-8,17H,1-2H3. The molecule has 2 heteroatoms. The molecule has 0 fully saturated rings. The van der Waals surface area contributed by atoms with E-state index in [1.54, 1.807) is 6.07 Å². The summed E-state index contributed by atoms with van der Waals surface area (Å²) in [5.74, 6) is 0.310. The largest absolute Gasteiger partial charge is 0.507 e.